The zero-order valence-corrected chi connectivity index (χ0v) is 17.8. The summed E-state index contributed by atoms with van der Waals surface area (Å²) >= 11 is 0. The van der Waals surface area contributed by atoms with E-state index in [-0.39, 0.29) is 17.1 Å². The second kappa shape index (κ2) is 7.85. The number of benzene rings is 1. The molecule has 158 valence electrons. The first-order chi connectivity index (χ1) is 14.2. The van der Waals surface area contributed by atoms with Gasteiger partial charge in [0.1, 0.15) is 5.76 Å². The molecule has 3 aromatic rings. The Kier molecular flexibility index (Phi) is 5.38. The standard InChI is InChI=1S/C24H29N3O3/c1-24(2,3)22-17(11-21(30-22)23(25)29)13-27-12-16(20(28)14-27)10-18-9-8-15-6-4-5-7-19(15)26-18/h4-9,11,16,20,28H,10,12-14H2,1-3H3,(H2,25,29)/t16-,20-/m1/s1. The predicted octanol–water partition coefficient (Wildman–Crippen LogP) is 3.26. The van der Waals surface area contributed by atoms with E-state index >= 15 is 0 Å². The van der Waals surface area contributed by atoms with Gasteiger partial charge in [-0.2, -0.15) is 0 Å². The molecule has 3 heterocycles. The van der Waals surface area contributed by atoms with E-state index in [1.807, 2.05) is 45.0 Å². The van der Waals surface area contributed by atoms with E-state index < -0.39 is 12.0 Å². The number of primary amides is 1. The van der Waals surface area contributed by atoms with Gasteiger partial charge in [-0.3, -0.25) is 14.7 Å². The van der Waals surface area contributed by atoms with Crippen LogP contribution in [0, 0.1) is 5.92 Å². The predicted molar refractivity (Wildman–Crippen MR) is 116 cm³/mol. The van der Waals surface area contributed by atoms with Gasteiger partial charge in [-0.1, -0.05) is 45.0 Å². The number of amides is 1. The molecular weight excluding hydrogens is 378 g/mol. The van der Waals surface area contributed by atoms with Crippen molar-refractivity contribution in [2.75, 3.05) is 13.1 Å². The lowest BCUT2D eigenvalue weighted by molar-refractivity contribution is 0.0970. The van der Waals surface area contributed by atoms with E-state index in [0.29, 0.717) is 13.1 Å². The van der Waals surface area contributed by atoms with Crippen LogP contribution in [-0.4, -0.2) is 40.1 Å². The molecule has 1 amide bonds. The van der Waals surface area contributed by atoms with Crippen molar-refractivity contribution in [1.82, 2.24) is 9.88 Å². The fourth-order valence-corrected chi connectivity index (χ4v) is 4.31. The lowest BCUT2D eigenvalue weighted by Crippen LogP contribution is -2.23. The number of hydrogen-bond acceptors (Lipinski definition) is 5. The molecule has 1 fully saturated rings. The SMILES string of the molecule is CC(C)(C)c1oc(C(N)=O)cc1CN1C[C@@H](Cc2ccc3ccccc3n2)[C@H](O)C1. The van der Waals surface area contributed by atoms with Crippen LogP contribution in [0.5, 0.6) is 0 Å². The summed E-state index contributed by atoms with van der Waals surface area (Å²) in [4.78, 5) is 18.6. The number of carbonyl (C=O) groups excluding carboxylic acids is 1. The third kappa shape index (κ3) is 4.25. The second-order valence-electron chi connectivity index (χ2n) is 9.30. The smallest absolute Gasteiger partial charge is 0.284 e. The zero-order chi connectivity index (χ0) is 21.5. The molecule has 0 spiro atoms. The Hall–Kier alpha value is -2.70. The van der Waals surface area contributed by atoms with Crippen LogP contribution in [0.15, 0.2) is 46.9 Å². The number of fused-ring (bicyclic) bond motifs is 1. The molecule has 6 nitrogen and oxygen atoms in total. The first-order valence-corrected chi connectivity index (χ1v) is 10.4. The van der Waals surface area contributed by atoms with Gasteiger partial charge in [0, 0.05) is 47.6 Å². The summed E-state index contributed by atoms with van der Waals surface area (Å²) in [6.07, 6.45) is 0.311. The molecule has 0 saturated carbocycles. The maximum Gasteiger partial charge on any atom is 0.284 e. The van der Waals surface area contributed by atoms with Crippen LogP contribution in [0.2, 0.25) is 0 Å². The number of likely N-dealkylation sites (tertiary alicyclic amines) is 1. The number of aliphatic hydroxyl groups excluding tert-OH is 1. The molecule has 0 bridgehead atoms. The fraction of sp³-hybridized carbons (Fsp3) is 0.417. The van der Waals surface area contributed by atoms with E-state index in [0.717, 1.165) is 40.9 Å². The molecule has 2 aromatic heterocycles. The quantitative estimate of drug-likeness (QED) is 0.677. The van der Waals surface area contributed by atoms with Gasteiger partial charge in [-0.05, 0) is 24.6 Å². The number of para-hydroxylation sites is 1. The summed E-state index contributed by atoms with van der Waals surface area (Å²) in [5.41, 5.74) is 8.11. The summed E-state index contributed by atoms with van der Waals surface area (Å²) in [6, 6.07) is 13.9. The minimum atomic E-state index is -0.562. The summed E-state index contributed by atoms with van der Waals surface area (Å²) in [5, 5.41) is 11.8. The number of carbonyl (C=O) groups is 1. The van der Waals surface area contributed by atoms with Crippen LogP contribution in [0.3, 0.4) is 0 Å². The largest absolute Gasteiger partial charge is 0.455 e. The highest BCUT2D eigenvalue weighted by atomic mass is 16.4. The molecule has 2 atom stereocenters. The highest BCUT2D eigenvalue weighted by molar-refractivity contribution is 5.90. The lowest BCUT2D eigenvalue weighted by atomic mass is 9.90. The normalized spacial score (nSPS) is 20.1. The molecule has 6 heteroatoms. The van der Waals surface area contributed by atoms with Crippen LogP contribution in [-0.2, 0) is 18.4 Å². The third-order valence-electron chi connectivity index (χ3n) is 5.74. The molecule has 0 aliphatic carbocycles. The van der Waals surface area contributed by atoms with Crippen molar-refractivity contribution in [3.05, 3.63) is 65.2 Å². The number of aromatic nitrogens is 1. The van der Waals surface area contributed by atoms with E-state index in [9.17, 15) is 9.90 Å². The monoisotopic (exact) mass is 407 g/mol. The Morgan fingerprint density at radius 1 is 1.23 bits per heavy atom. The number of furan rings is 1. The first kappa shape index (κ1) is 20.6. The molecule has 1 aliphatic rings. The van der Waals surface area contributed by atoms with Crippen LogP contribution >= 0.6 is 0 Å². The van der Waals surface area contributed by atoms with E-state index in [1.54, 1.807) is 6.07 Å². The minimum absolute atomic E-state index is 0.110. The van der Waals surface area contributed by atoms with E-state index in [1.165, 1.54) is 0 Å². The molecule has 0 radical (unpaired) electrons. The Morgan fingerprint density at radius 2 is 2.00 bits per heavy atom. The number of aliphatic hydroxyl groups is 1. The van der Waals surface area contributed by atoms with Gasteiger partial charge < -0.3 is 15.3 Å². The molecular formula is C24H29N3O3. The van der Waals surface area contributed by atoms with Crippen molar-refractivity contribution >= 4 is 16.8 Å². The summed E-state index contributed by atoms with van der Waals surface area (Å²) < 4.78 is 5.77. The van der Waals surface area contributed by atoms with Crippen LogP contribution in [0.25, 0.3) is 10.9 Å². The summed E-state index contributed by atoms with van der Waals surface area (Å²) in [6.45, 7) is 8.10. The number of nitrogens with two attached hydrogens (primary N) is 1. The number of β-amino-alcohol motifs (C(OH)–C–C–N with tert-alkyl or cyclic N) is 1. The number of nitrogens with zero attached hydrogens (tertiary/aromatic N) is 2. The third-order valence-corrected chi connectivity index (χ3v) is 5.74. The van der Waals surface area contributed by atoms with Crippen molar-refractivity contribution in [3.8, 4) is 0 Å². The van der Waals surface area contributed by atoms with Gasteiger partial charge >= 0.3 is 0 Å². The molecule has 30 heavy (non-hydrogen) atoms. The molecule has 3 N–H and O–H groups in total. The van der Waals surface area contributed by atoms with Gasteiger partial charge in [0.2, 0.25) is 0 Å². The number of rotatable bonds is 5. The van der Waals surface area contributed by atoms with Crippen LogP contribution < -0.4 is 5.73 Å². The minimum Gasteiger partial charge on any atom is -0.455 e. The average Bonchev–Trinajstić information content (AvgIpc) is 3.26. The average molecular weight is 408 g/mol. The lowest BCUT2D eigenvalue weighted by Gasteiger charge is -2.20. The Bertz CT molecular complexity index is 1070. The Labute approximate surface area is 176 Å². The highest BCUT2D eigenvalue weighted by Crippen LogP contribution is 2.31. The van der Waals surface area contributed by atoms with E-state index in [2.05, 4.69) is 17.0 Å². The van der Waals surface area contributed by atoms with Crippen molar-refractivity contribution < 1.29 is 14.3 Å². The van der Waals surface area contributed by atoms with Crippen molar-refractivity contribution in [1.29, 1.82) is 0 Å². The number of pyridine rings is 1. The Balaban J connectivity index is 1.48. The molecule has 1 aliphatic heterocycles. The summed E-state index contributed by atoms with van der Waals surface area (Å²) in [5.74, 6) is 0.504. The molecule has 1 saturated heterocycles. The van der Waals surface area contributed by atoms with Gasteiger partial charge in [-0.15, -0.1) is 0 Å². The highest BCUT2D eigenvalue weighted by Gasteiger charge is 2.33. The molecule has 4 rings (SSSR count). The first-order valence-electron chi connectivity index (χ1n) is 10.4. The zero-order valence-electron chi connectivity index (χ0n) is 17.8. The topological polar surface area (TPSA) is 92.6 Å². The van der Waals surface area contributed by atoms with Crippen molar-refractivity contribution in [2.24, 2.45) is 11.7 Å². The maximum absolute atomic E-state index is 11.6. The summed E-state index contributed by atoms with van der Waals surface area (Å²) in [7, 11) is 0. The molecule has 0 unspecified atom stereocenters. The van der Waals surface area contributed by atoms with Crippen molar-refractivity contribution in [3.63, 3.8) is 0 Å². The Morgan fingerprint density at radius 3 is 2.73 bits per heavy atom. The van der Waals surface area contributed by atoms with Crippen LogP contribution in [0.4, 0.5) is 0 Å². The fourth-order valence-electron chi connectivity index (χ4n) is 4.31. The number of hydrogen-bond donors (Lipinski definition) is 2. The van der Waals surface area contributed by atoms with Crippen LogP contribution in [0.1, 0.15) is 48.3 Å². The van der Waals surface area contributed by atoms with Gasteiger partial charge in [0.05, 0.1) is 11.6 Å². The maximum atomic E-state index is 11.6. The second-order valence-corrected chi connectivity index (χ2v) is 9.30. The van der Waals surface area contributed by atoms with E-state index in [4.69, 9.17) is 15.1 Å². The van der Waals surface area contributed by atoms with Gasteiger partial charge in [0.25, 0.3) is 5.91 Å². The van der Waals surface area contributed by atoms with Crippen molar-refractivity contribution in [2.45, 2.75) is 45.3 Å². The molecule has 1 aromatic carbocycles. The van der Waals surface area contributed by atoms with Gasteiger partial charge in [-0.25, -0.2) is 0 Å². The van der Waals surface area contributed by atoms with Gasteiger partial charge in [0.15, 0.2) is 5.76 Å².